The summed E-state index contributed by atoms with van der Waals surface area (Å²) in [6.45, 7) is 7.40. The molecule has 1 saturated heterocycles. The largest absolute Gasteiger partial charge is 0.496 e. The molecule has 7 heteroatoms. The first-order valence-electron chi connectivity index (χ1n) is 8.04. The van der Waals surface area contributed by atoms with Gasteiger partial charge in [0.2, 0.25) is 0 Å². The maximum Gasteiger partial charge on any atom is 0.282 e. The second-order valence-electron chi connectivity index (χ2n) is 5.72. The van der Waals surface area contributed by atoms with Crippen molar-refractivity contribution in [1.29, 1.82) is 0 Å². The number of methoxy groups -OCH3 is 1. The summed E-state index contributed by atoms with van der Waals surface area (Å²) >= 11 is 0. The molecule has 1 aliphatic heterocycles. The van der Waals surface area contributed by atoms with Crippen LogP contribution in [0.5, 0.6) is 5.75 Å². The Morgan fingerprint density at radius 1 is 1.25 bits per heavy atom. The summed E-state index contributed by atoms with van der Waals surface area (Å²) < 4.78 is 36.3. The molecule has 0 atom stereocenters. The monoisotopic (exact) mass is 339 g/mol. The van der Waals surface area contributed by atoms with Crippen molar-refractivity contribution in [2.45, 2.75) is 39.5 Å². The molecule has 1 aromatic heterocycles. The fourth-order valence-electron chi connectivity index (χ4n) is 2.44. The van der Waals surface area contributed by atoms with Crippen LogP contribution in [-0.2, 0) is 0 Å². The first-order chi connectivity index (χ1) is 11.4. The first kappa shape index (κ1) is 18.2. The Bertz CT molecular complexity index is 678. The molecule has 5 nitrogen and oxygen atoms in total. The van der Waals surface area contributed by atoms with Crippen LogP contribution in [0.15, 0.2) is 22.7 Å². The van der Waals surface area contributed by atoms with Crippen molar-refractivity contribution in [2.75, 3.05) is 25.1 Å². The van der Waals surface area contributed by atoms with Gasteiger partial charge in [0.05, 0.1) is 20.2 Å². The first-order valence-corrected chi connectivity index (χ1v) is 8.04. The van der Waals surface area contributed by atoms with Crippen molar-refractivity contribution in [1.82, 2.24) is 10.1 Å². The average molecular weight is 339 g/mol. The Balaban J connectivity index is 0.00000100. The predicted molar refractivity (Wildman–Crippen MR) is 88.9 cm³/mol. The lowest BCUT2D eigenvalue weighted by Gasteiger charge is -2.37. The number of alkyl halides is 2. The number of ether oxygens (including phenoxy) is 1. The Kier molecular flexibility index (Phi) is 5.41. The molecule has 0 unspecified atom stereocenters. The zero-order chi connectivity index (χ0) is 17.9. The van der Waals surface area contributed by atoms with E-state index in [1.165, 1.54) is 4.90 Å². The molecule has 1 fully saturated rings. The fraction of sp³-hybridized carbons (Fsp3) is 0.529. The third-order valence-electron chi connectivity index (χ3n) is 3.64. The minimum atomic E-state index is -2.66. The number of anilines is 1. The van der Waals surface area contributed by atoms with E-state index in [4.69, 9.17) is 9.26 Å². The predicted octanol–water partition coefficient (Wildman–Crippen LogP) is 4.35. The van der Waals surface area contributed by atoms with Crippen LogP contribution in [0.4, 0.5) is 14.7 Å². The molecule has 24 heavy (non-hydrogen) atoms. The standard InChI is InChI=1S/C15H17F2N3O2.C2H6/c1-9(2)11-5-4-10(6-12(11)21-3)13-18-14(19-22-13)20-7-15(16,17)8-20;1-2/h4-6,9H,7-8H2,1-3H3;1-2H3. The number of nitrogens with zero attached hydrogens (tertiary/aromatic N) is 3. The number of hydrogen-bond donors (Lipinski definition) is 0. The lowest BCUT2D eigenvalue weighted by atomic mass is 10.0. The highest BCUT2D eigenvalue weighted by Crippen LogP contribution is 2.33. The van der Waals surface area contributed by atoms with E-state index in [1.54, 1.807) is 7.11 Å². The Morgan fingerprint density at radius 3 is 2.46 bits per heavy atom. The van der Waals surface area contributed by atoms with E-state index in [2.05, 4.69) is 24.0 Å². The van der Waals surface area contributed by atoms with E-state index >= 15 is 0 Å². The van der Waals surface area contributed by atoms with E-state index in [1.807, 2.05) is 32.0 Å². The van der Waals surface area contributed by atoms with Crippen molar-refractivity contribution >= 4 is 5.95 Å². The molecule has 0 aliphatic carbocycles. The molecule has 0 spiro atoms. The van der Waals surface area contributed by atoms with Gasteiger partial charge in [-0.3, -0.25) is 0 Å². The topological polar surface area (TPSA) is 51.4 Å². The number of aromatic nitrogens is 2. The van der Waals surface area contributed by atoms with Gasteiger partial charge in [0.1, 0.15) is 5.75 Å². The molecule has 2 aromatic rings. The van der Waals surface area contributed by atoms with Crippen LogP contribution in [0, 0.1) is 0 Å². The zero-order valence-corrected chi connectivity index (χ0v) is 14.6. The van der Waals surface area contributed by atoms with Gasteiger partial charge in [-0.05, 0) is 28.8 Å². The van der Waals surface area contributed by atoms with Crippen LogP contribution in [0.25, 0.3) is 11.5 Å². The van der Waals surface area contributed by atoms with E-state index < -0.39 is 5.92 Å². The van der Waals surface area contributed by atoms with Gasteiger partial charge in [0.25, 0.3) is 17.8 Å². The van der Waals surface area contributed by atoms with Gasteiger partial charge in [-0.15, -0.1) is 0 Å². The van der Waals surface area contributed by atoms with Gasteiger partial charge in [-0.25, -0.2) is 8.78 Å². The van der Waals surface area contributed by atoms with Gasteiger partial charge >= 0.3 is 0 Å². The summed E-state index contributed by atoms with van der Waals surface area (Å²) in [5, 5.41) is 3.76. The molecule has 1 aromatic carbocycles. The normalized spacial score (nSPS) is 15.6. The Morgan fingerprint density at radius 2 is 1.92 bits per heavy atom. The van der Waals surface area contributed by atoms with Crippen LogP contribution in [0.1, 0.15) is 39.2 Å². The summed E-state index contributed by atoms with van der Waals surface area (Å²) in [6.07, 6.45) is 0. The Labute approximate surface area is 140 Å². The molecular formula is C17H23F2N3O2. The van der Waals surface area contributed by atoms with Crippen LogP contribution in [0.2, 0.25) is 0 Å². The minimum Gasteiger partial charge on any atom is -0.496 e. The molecule has 2 heterocycles. The van der Waals surface area contributed by atoms with Crippen LogP contribution >= 0.6 is 0 Å². The minimum absolute atomic E-state index is 0.188. The third-order valence-corrected chi connectivity index (χ3v) is 3.64. The van der Waals surface area contributed by atoms with Gasteiger partial charge in [-0.1, -0.05) is 33.8 Å². The van der Waals surface area contributed by atoms with Crippen LogP contribution < -0.4 is 9.64 Å². The zero-order valence-electron chi connectivity index (χ0n) is 14.6. The molecule has 0 bridgehead atoms. The summed E-state index contributed by atoms with van der Waals surface area (Å²) in [4.78, 5) is 5.56. The molecule has 0 N–H and O–H groups in total. The highest BCUT2D eigenvalue weighted by Gasteiger charge is 2.45. The van der Waals surface area contributed by atoms with Crippen molar-refractivity contribution in [3.8, 4) is 17.2 Å². The third kappa shape index (κ3) is 3.66. The van der Waals surface area contributed by atoms with Crippen molar-refractivity contribution in [3.05, 3.63) is 23.8 Å². The fourth-order valence-corrected chi connectivity index (χ4v) is 2.44. The van der Waals surface area contributed by atoms with Gasteiger partial charge in [0.15, 0.2) is 0 Å². The molecule has 3 rings (SSSR count). The molecule has 0 radical (unpaired) electrons. The summed E-state index contributed by atoms with van der Waals surface area (Å²) in [7, 11) is 1.60. The van der Waals surface area contributed by atoms with Crippen molar-refractivity contribution in [2.24, 2.45) is 0 Å². The van der Waals surface area contributed by atoms with E-state index in [9.17, 15) is 8.78 Å². The molecule has 132 valence electrons. The summed E-state index contributed by atoms with van der Waals surface area (Å²) in [5.74, 6) is -1.12. The van der Waals surface area contributed by atoms with Gasteiger partial charge in [-0.2, -0.15) is 4.98 Å². The molecule has 0 saturated carbocycles. The maximum atomic E-state index is 12.9. The van der Waals surface area contributed by atoms with Crippen molar-refractivity contribution < 1.29 is 18.0 Å². The lowest BCUT2D eigenvalue weighted by molar-refractivity contribution is -0.0273. The second kappa shape index (κ2) is 7.15. The second-order valence-corrected chi connectivity index (χ2v) is 5.72. The van der Waals surface area contributed by atoms with E-state index in [-0.39, 0.29) is 19.0 Å². The lowest BCUT2D eigenvalue weighted by Crippen LogP contribution is -2.56. The smallest absolute Gasteiger partial charge is 0.282 e. The summed E-state index contributed by atoms with van der Waals surface area (Å²) in [6, 6.07) is 5.62. The van der Waals surface area contributed by atoms with Crippen molar-refractivity contribution in [3.63, 3.8) is 0 Å². The molecule has 1 aliphatic rings. The maximum absolute atomic E-state index is 12.9. The molecular weight excluding hydrogens is 316 g/mol. The van der Waals surface area contributed by atoms with Gasteiger partial charge in [0, 0.05) is 5.56 Å². The van der Waals surface area contributed by atoms with E-state index in [0.29, 0.717) is 17.4 Å². The summed E-state index contributed by atoms with van der Waals surface area (Å²) in [5.41, 5.74) is 1.78. The Hall–Kier alpha value is -2.18. The number of benzene rings is 1. The SMILES string of the molecule is CC.COc1cc(-c2nc(N3CC(F)(F)C3)no2)ccc1C(C)C. The van der Waals surface area contributed by atoms with Crippen LogP contribution in [-0.4, -0.2) is 36.3 Å². The molecule has 0 amide bonds. The van der Waals surface area contributed by atoms with Crippen LogP contribution in [0.3, 0.4) is 0 Å². The van der Waals surface area contributed by atoms with E-state index in [0.717, 1.165) is 11.3 Å². The number of rotatable bonds is 4. The van der Waals surface area contributed by atoms with Gasteiger partial charge < -0.3 is 14.2 Å². The highest BCUT2D eigenvalue weighted by molar-refractivity contribution is 5.59. The highest BCUT2D eigenvalue weighted by atomic mass is 19.3. The number of hydrogen-bond acceptors (Lipinski definition) is 5. The quantitative estimate of drug-likeness (QED) is 0.829. The average Bonchev–Trinajstić information content (AvgIpc) is 3.03. The number of halogens is 2.